The molecule has 1 amide bonds. The minimum atomic E-state index is -0.583. The zero-order chi connectivity index (χ0) is 19.5. The molecule has 4 heteroatoms. The molecule has 2 aromatic carbocycles. The number of hydrogen-bond acceptors (Lipinski definition) is 3. The smallest absolute Gasteiger partial charge is 0.328 e. The molecule has 0 unspecified atom stereocenters. The Kier molecular flexibility index (Phi) is 5.47. The molecular weight excluding hydrogens is 350 g/mol. The van der Waals surface area contributed by atoms with E-state index in [9.17, 15) is 9.59 Å². The Morgan fingerprint density at radius 2 is 1.54 bits per heavy atom. The molecule has 1 saturated carbocycles. The number of hydrogen-bond donors (Lipinski definition) is 1. The number of carbonyl (C=O) groups is 2. The van der Waals surface area contributed by atoms with Crippen LogP contribution in [-0.2, 0) is 14.3 Å². The first-order chi connectivity index (χ1) is 13.7. The van der Waals surface area contributed by atoms with E-state index in [4.69, 9.17) is 4.74 Å². The Balaban J connectivity index is 1.58. The van der Waals surface area contributed by atoms with Gasteiger partial charge < -0.3 is 10.1 Å². The van der Waals surface area contributed by atoms with Gasteiger partial charge in [-0.25, -0.2) is 4.79 Å². The van der Waals surface area contributed by atoms with Crippen molar-refractivity contribution >= 4 is 11.9 Å². The fraction of sp³-hybridized carbons (Fsp3) is 0.417. The van der Waals surface area contributed by atoms with Crippen molar-refractivity contribution in [1.29, 1.82) is 0 Å². The summed E-state index contributed by atoms with van der Waals surface area (Å²) in [5, 5.41) is 3.03. The number of carbonyl (C=O) groups excluding carboxylic acids is 2. The second kappa shape index (κ2) is 8.17. The number of nitrogens with one attached hydrogen (secondary N) is 1. The summed E-state index contributed by atoms with van der Waals surface area (Å²) in [4.78, 5) is 25.7. The zero-order valence-electron chi connectivity index (χ0n) is 16.3. The molecule has 1 fully saturated rings. The molecule has 1 atom stereocenters. The third-order valence-corrected chi connectivity index (χ3v) is 6.19. The number of fused-ring (bicyclic) bond motifs is 3. The van der Waals surface area contributed by atoms with Gasteiger partial charge in [0.1, 0.15) is 6.04 Å². The lowest BCUT2D eigenvalue weighted by Gasteiger charge is -2.26. The first-order valence-electron chi connectivity index (χ1n) is 10.3. The Labute approximate surface area is 166 Å². The van der Waals surface area contributed by atoms with Crippen molar-refractivity contribution in [3.8, 4) is 11.1 Å². The highest BCUT2D eigenvalue weighted by Gasteiger charge is 2.36. The molecule has 146 valence electrons. The largest absolute Gasteiger partial charge is 0.467 e. The number of rotatable bonds is 5. The third kappa shape index (κ3) is 3.56. The predicted octanol–water partition coefficient (Wildman–Crippen LogP) is 4.43. The summed E-state index contributed by atoms with van der Waals surface area (Å²) >= 11 is 0. The van der Waals surface area contributed by atoms with Crippen LogP contribution in [0.1, 0.15) is 55.6 Å². The highest BCUT2D eigenvalue weighted by atomic mass is 16.5. The average Bonchev–Trinajstić information content (AvgIpc) is 3.08. The van der Waals surface area contributed by atoms with E-state index in [2.05, 4.69) is 17.4 Å². The lowest BCUT2D eigenvalue weighted by molar-refractivity contribution is -0.145. The topological polar surface area (TPSA) is 55.4 Å². The summed E-state index contributed by atoms with van der Waals surface area (Å²) in [5.74, 6) is -0.380. The fourth-order valence-electron chi connectivity index (χ4n) is 4.81. The van der Waals surface area contributed by atoms with Crippen LogP contribution in [0.2, 0.25) is 0 Å². The van der Waals surface area contributed by atoms with Crippen molar-refractivity contribution in [2.24, 2.45) is 5.92 Å². The summed E-state index contributed by atoms with van der Waals surface area (Å²) in [7, 11) is 1.39. The number of amides is 1. The molecule has 2 aromatic rings. The molecule has 0 heterocycles. The Morgan fingerprint density at radius 1 is 0.964 bits per heavy atom. The predicted molar refractivity (Wildman–Crippen MR) is 109 cm³/mol. The number of methoxy groups -OCH3 is 1. The van der Waals surface area contributed by atoms with Gasteiger partial charge in [0.25, 0.3) is 0 Å². The molecule has 4 rings (SSSR count). The minimum Gasteiger partial charge on any atom is -0.467 e. The summed E-state index contributed by atoms with van der Waals surface area (Å²) in [6.07, 6.45) is 6.58. The van der Waals surface area contributed by atoms with Gasteiger partial charge in [0, 0.05) is 0 Å². The van der Waals surface area contributed by atoms with E-state index in [1.165, 1.54) is 26.4 Å². The maximum absolute atomic E-state index is 13.3. The Bertz CT molecular complexity index is 824. The summed E-state index contributed by atoms with van der Waals surface area (Å²) in [5.41, 5.74) is 4.20. The quantitative estimate of drug-likeness (QED) is 0.785. The first-order valence-corrected chi connectivity index (χ1v) is 10.3. The van der Waals surface area contributed by atoms with Crippen LogP contribution in [0.3, 0.4) is 0 Å². The van der Waals surface area contributed by atoms with Crippen LogP contribution in [0.25, 0.3) is 11.1 Å². The molecule has 4 nitrogen and oxygen atoms in total. The average molecular weight is 377 g/mol. The van der Waals surface area contributed by atoms with Crippen LogP contribution < -0.4 is 5.32 Å². The number of benzene rings is 2. The second-order valence-electron chi connectivity index (χ2n) is 7.93. The lowest BCUT2D eigenvalue weighted by Crippen LogP contribution is -2.44. The van der Waals surface area contributed by atoms with Gasteiger partial charge in [-0.15, -0.1) is 0 Å². The molecule has 0 aromatic heterocycles. The monoisotopic (exact) mass is 377 g/mol. The van der Waals surface area contributed by atoms with Gasteiger partial charge in [0.15, 0.2) is 0 Å². The zero-order valence-corrected chi connectivity index (χ0v) is 16.3. The Morgan fingerprint density at radius 3 is 2.11 bits per heavy atom. The second-order valence-corrected chi connectivity index (χ2v) is 7.93. The highest BCUT2D eigenvalue weighted by molar-refractivity contribution is 5.97. The van der Waals surface area contributed by atoms with Gasteiger partial charge in [-0.05, 0) is 34.6 Å². The van der Waals surface area contributed by atoms with Crippen LogP contribution in [-0.4, -0.2) is 25.0 Å². The van der Waals surface area contributed by atoms with Crippen molar-refractivity contribution in [3.63, 3.8) is 0 Å². The summed E-state index contributed by atoms with van der Waals surface area (Å²) < 4.78 is 5.00. The third-order valence-electron chi connectivity index (χ3n) is 6.19. The molecule has 28 heavy (non-hydrogen) atoms. The molecular formula is C24H27NO3. The molecule has 2 aliphatic carbocycles. The van der Waals surface area contributed by atoms with Crippen molar-refractivity contribution in [2.75, 3.05) is 7.11 Å². The van der Waals surface area contributed by atoms with Gasteiger partial charge in [-0.2, -0.15) is 0 Å². The van der Waals surface area contributed by atoms with Crippen molar-refractivity contribution < 1.29 is 14.3 Å². The van der Waals surface area contributed by atoms with Crippen LogP contribution in [0.4, 0.5) is 0 Å². The molecule has 0 radical (unpaired) electrons. The van der Waals surface area contributed by atoms with Crippen LogP contribution in [0.5, 0.6) is 0 Å². The molecule has 0 bridgehead atoms. The van der Waals surface area contributed by atoms with E-state index in [0.29, 0.717) is 12.3 Å². The van der Waals surface area contributed by atoms with Crippen LogP contribution in [0, 0.1) is 5.92 Å². The standard InChI is InChI=1S/C24H27NO3/c1-28-24(27)21(15-16-9-3-2-4-10-16)25-23(26)22-19-13-7-5-11-17(19)18-12-6-8-14-20(18)22/h5-8,11-14,16,21-22H,2-4,9-10,15H2,1H3,(H,25,26)/t21-/m0/s1. The van der Waals surface area contributed by atoms with Gasteiger partial charge in [-0.3, -0.25) is 4.79 Å². The Hall–Kier alpha value is -2.62. The first kappa shape index (κ1) is 18.7. The number of esters is 1. The maximum Gasteiger partial charge on any atom is 0.328 e. The van der Waals surface area contributed by atoms with E-state index >= 15 is 0 Å². The van der Waals surface area contributed by atoms with Crippen LogP contribution >= 0.6 is 0 Å². The molecule has 0 aliphatic heterocycles. The van der Waals surface area contributed by atoms with E-state index in [1.807, 2.05) is 36.4 Å². The molecule has 1 N–H and O–H groups in total. The van der Waals surface area contributed by atoms with E-state index in [0.717, 1.165) is 35.1 Å². The summed E-state index contributed by atoms with van der Waals surface area (Å²) in [6.45, 7) is 0. The lowest BCUT2D eigenvalue weighted by atomic mass is 9.84. The summed E-state index contributed by atoms with van der Waals surface area (Å²) in [6, 6.07) is 15.5. The molecule has 0 spiro atoms. The number of ether oxygens (including phenoxy) is 1. The fourth-order valence-corrected chi connectivity index (χ4v) is 4.81. The normalized spacial score (nSPS) is 17.5. The molecule has 2 aliphatic rings. The van der Waals surface area contributed by atoms with Gasteiger partial charge in [-0.1, -0.05) is 80.6 Å². The highest BCUT2D eigenvalue weighted by Crippen LogP contribution is 2.44. The van der Waals surface area contributed by atoms with Crippen LogP contribution in [0.15, 0.2) is 48.5 Å². The van der Waals surface area contributed by atoms with Crippen molar-refractivity contribution in [3.05, 3.63) is 59.7 Å². The minimum absolute atomic E-state index is 0.122. The van der Waals surface area contributed by atoms with E-state index < -0.39 is 6.04 Å². The van der Waals surface area contributed by atoms with Gasteiger partial charge in [0.2, 0.25) is 5.91 Å². The van der Waals surface area contributed by atoms with E-state index in [-0.39, 0.29) is 17.8 Å². The van der Waals surface area contributed by atoms with Crippen molar-refractivity contribution in [2.45, 2.75) is 50.5 Å². The molecule has 0 saturated heterocycles. The van der Waals surface area contributed by atoms with Crippen molar-refractivity contribution in [1.82, 2.24) is 5.32 Å². The van der Waals surface area contributed by atoms with E-state index in [1.54, 1.807) is 0 Å². The van der Waals surface area contributed by atoms with Gasteiger partial charge >= 0.3 is 5.97 Å². The van der Waals surface area contributed by atoms with Gasteiger partial charge in [0.05, 0.1) is 13.0 Å². The maximum atomic E-state index is 13.3. The SMILES string of the molecule is COC(=O)[C@H](CC1CCCCC1)NC(=O)C1c2ccccc2-c2ccccc21.